The van der Waals surface area contributed by atoms with Gasteiger partial charge in [0.25, 0.3) is 0 Å². The molecule has 0 saturated heterocycles. The topological polar surface area (TPSA) is 8.17 Å². The van der Waals surface area contributed by atoms with E-state index in [0.717, 1.165) is 22.7 Å². The highest BCUT2D eigenvalue weighted by atomic mass is 15.1. The predicted octanol–water partition coefficient (Wildman–Crippen LogP) is 15.6. The lowest BCUT2D eigenvalue weighted by atomic mass is 9.93. The summed E-state index contributed by atoms with van der Waals surface area (Å²) in [5.74, 6) is 0. The number of hydrogen-bond acceptors (Lipinski definition) is 1. The summed E-state index contributed by atoms with van der Waals surface area (Å²) in [7, 11) is 0. The molecule has 272 valence electrons. The van der Waals surface area contributed by atoms with Crippen molar-refractivity contribution in [2.45, 2.75) is 0 Å². The van der Waals surface area contributed by atoms with E-state index in [1.165, 1.54) is 76.7 Å². The van der Waals surface area contributed by atoms with E-state index in [-0.39, 0.29) is 0 Å². The highest BCUT2D eigenvalue weighted by molar-refractivity contribution is 6.24. The van der Waals surface area contributed by atoms with Gasteiger partial charge < -0.3 is 9.47 Å². The van der Waals surface area contributed by atoms with Gasteiger partial charge in [-0.1, -0.05) is 164 Å². The van der Waals surface area contributed by atoms with Crippen LogP contribution < -0.4 is 4.90 Å². The van der Waals surface area contributed by atoms with Gasteiger partial charge in [-0.05, 0) is 116 Å². The first-order chi connectivity index (χ1) is 28.8. The summed E-state index contributed by atoms with van der Waals surface area (Å²) in [5, 5.41) is 7.31. The van der Waals surface area contributed by atoms with Gasteiger partial charge in [-0.2, -0.15) is 0 Å². The average molecular weight is 739 g/mol. The fourth-order valence-corrected chi connectivity index (χ4v) is 8.78. The lowest BCUT2D eigenvalue weighted by Gasteiger charge is -2.26. The summed E-state index contributed by atoms with van der Waals surface area (Å²) >= 11 is 0. The molecule has 10 aromatic carbocycles. The van der Waals surface area contributed by atoms with Gasteiger partial charge in [0.15, 0.2) is 0 Å². The Bertz CT molecular complexity index is 3250. The Morgan fingerprint density at radius 1 is 0.310 bits per heavy atom. The first kappa shape index (κ1) is 33.6. The van der Waals surface area contributed by atoms with Crippen LogP contribution in [0.2, 0.25) is 0 Å². The van der Waals surface area contributed by atoms with Crippen LogP contribution in [0.1, 0.15) is 0 Å². The maximum atomic E-state index is 2.47. The number of aromatic nitrogens is 1. The highest BCUT2D eigenvalue weighted by Crippen LogP contribution is 2.46. The Labute approximate surface area is 338 Å². The predicted molar refractivity (Wildman–Crippen MR) is 247 cm³/mol. The Balaban J connectivity index is 1.20. The van der Waals surface area contributed by atoms with Gasteiger partial charge >= 0.3 is 0 Å². The highest BCUT2D eigenvalue weighted by Gasteiger charge is 2.22. The van der Waals surface area contributed by atoms with Crippen LogP contribution in [-0.2, 0) is 0 Å². The first-order valence-electron chi connectivity index (χ1n) is 19.9. The molecule has 0 fully saturated rings. The van der Waals surface area contributed by atoms with E-state index in [2.05, 4.69) is 240 Å². The Morgan fingerprint density at radius 3 is 1.62 bits per heavy atom. The minimum Gasteiger partial charge on any atom is -0.310 e. The van der Waals surface area contributed by atoms with E-state index in [1.807, 2.05) is 0 Å². The first-order valence-corrected chi connectivity index (χ1v) is 19.9. The van der Waals surface area contributed by atoms with Gasteiger partial charge in [0.2, 0.25) is 0 Å². The third-order valence-electron chi connectivity index (χ3n) is 11.5. The molecule has 0 radical (unpaired) electrons. The van der Waals surface area contributed by atoms with Gasteiger partial charge in [-0.25, -0.2) is 0 Å². The zero-order valence-electron chi connectivity index (χ0n) is 31.8. The SMILES string of the molecule is c1ccc(-c2ccc(N(c3ccc4ccccc4c3)c3ccc4c(c3)c3c(-c5cccc(-c6ccccc6)c5)cc5ccccc5c3n4-c3ccccc3)cc2)cc1. The minimum atomic E-state index is 1.10. The van der Waals surface area contributed by atoms with Crippen LogP contribution in [-0.4, -0.2) is 4.57 Å². The van der Waals surface area contributed by atoms with E-state index >= 15 is 0 Å². The van der Waals surface area contributed by atoms with Crippen LogP contribution in [0.5, 0.6) is 0 Å². The van der Waals surface area contributed by atoms with Crippen LogP contribution in [0.3, 0.4) is 0 Å². The van der Waals surface area contributed by atoms with E-state index in [1.54, 1.807) is 0 Å². The fraction of sp³-hybridized carbons (Fsp3) is 0. The quantitative estimate of drug-likeness (QED) is 0.158. The van der Waals surface area contributed by atoms with E-state index in [0.29, 0.717) is 0 Å². The lowest BCUT2D eigenvalue weighted by molar-refractivity contribution is 1.18. The van der Waals surface area contributed by atoms with Crippen LogP contribution in [0, 0.1) is 0 Å². The van der Waals surface area contributed by atoms with Gasteiger partial charge in [-0.15, -0.1) is 0 Å². The van der Waals surface area contributed by atoms with Crippen molar-refractivity contribution in [1.82, 2.24) is 4.57 Å². The maximum absolute atomic E-state index is 2.47. The van der Waals surface area contributed by atoms with Gasteiger partial charge in [0.1, 0.15) is 0 Å². The Hall–Kier alpha value is -7.68. The van der Waals surface area contributed by atoms with Crippen molar-refractivity contribution in [3.8, 4) is 39.1 Å². The van der Waals surface area contributed by atoms with Crippen molar-refractivity contribution < 1.29 is 0 Å². The van der Waals surface area contributed by atoms with Gasteiger partial charge in [0.05, 0.1) is 11.0 Å². The molecule has 2 heteroatoms. The molecule has 11 aromatic rings. The zero-order chi connectivity index (χ0) is 38.4. The maximum Gasteiger partial charge on any atom is 0.0625 e. The number of nitrogens with zero attached hydrogens (tertiary/aromatic N) is 2. The number of benzene rings is 10. The number of anilines is 3. The molecule has 0 aliphatic heterocycles. The van der Waals surface area contributed by atoms with Crippen LogP contribution in [0.15, 0.2) is 231 Å². The summed E-state index contributed by atoms with van der Waals surface area (Å²) in [6.45, 7) is 0. The molecule has 0 saturated carbocycles. The van der Waals surface area contributed by atoms with Crippen molar-refractivity contribution in [3.63, 3.8) is 0 Å². The number of rotatable bonds is 7. The van der Waals surface area contributed by atoms with Crippen LogP contribution >= 0.6 is 0 Å². The van der Waals surface area contributed by atoms with Gasteiger partial charge in [-0.3, -0.25) is 0 Å². The molecule has 11 rings (SSSR count). The summed E-state index contributed by atoms with van der Waals surface area (Å²) in [5.41, 5.74) is 14.0. The molecule has 1 aromatic heterocycles. The average Bonchev–Trinajstić information content (AvgIpc) is 3.65. The van der Waals surface area contributed by atoms with Crippen molar-refractivity contribution in [3.05, 3.63) is 231 Å². The second-order valence-corrected chi connectivity index (χ2v) is 15.0. The molecule has 0 aliphatic carbocycles. The standard InChI is InChI=1S/C56H38N2/c1-4-15-39(16-5-1)42-27-30-48(31-28-42)57(49-32-29-41-19-10-11-20-44(41)36-49)50-33-34-54-53(38-50)55-52(45-23-14-22-43(35-45)40-17-6-2-7-18-40)37-46-21-12-13-26-51(46)56(55)58(54)47-24-8-3-9-25-47/h1-38H. The number of fused-ring (bicyclic) bond motifs is 6. The summed E-state index contributed by atoms with van der Waals surface area (Å²) < 4.78 is 2.47. The molecule has 0 N–H and O–H groups in total. The Morgan fingerprint density at radius 2 is 0.862 bits per heavy atom. The number of hydrogen-bond donors (Lipinski definition) is 0. The van der Waals surface area contributed by atoms with E-state index in [9.17, 15) is 0 Å². The van der Waals surface area contributed by atoms with Crippen molar-refractivity contribution in [2.75, 3.05) is 4.90 Å². The lowest BCUT2D eigenvalue weighted by Crippen LogP contribution is -2.10. The third-order valence-corrected chi connectivity index (χ3v) is 11.5. The summed E-state index contributed by atoms with van der Waals surface area (Å²) in [6, 6.07) is 83.8. The monoisotopic (exact) mass is 738 g/mol. The zero-order valence-corrected chi connectivity index (χ0v) is 31.8. The molecule has 1 heterocycles. The molecule has 2 nitrogen and oxygen atoms in total. The van der Waals surface area contributed by atoms with E-state index < -0.39 is 0 Å². The molecular formula is C56H38N2. The largest absolute Gasteiger partial charge is 0.310 e. The molecule has 0 spiro atoms. The molecule has 0 atom stereocenters. The molecule has 0 aliphatic rings. The second kappa shape index (κ2) is 14.1. The minimum absolute atomic E-state index is 1.10. The Kier molecular flexibility index (Phi) is 8.19. The van der Waals surface area contributed by atoms with Crippen LogP contribution in [0.4, 0.5) is 17.1 Å². The molecular weight excluding hydrogens is 701 g/mol. The summed E-state index contributed by atoms with van der Waals surface area (Å²) in [6.07, 6.45) is 0. The third kappa shape index (κ3) is 5.82. The fourth-order valence-electron chi connectivity index (χ4n) is 8.78. The van der Waals surface area contributed by atoms with Crippen molar-refractivity contribution in [2.24, 2.45) is 0 Å². The van der Waals surface area contributed by atoms with Crippen molar-refractivity contribution in [1.29, 1.82) is 0 Å². The molecule has 0 amide bonds. The second-order valence-electron chi connectivity index (χ2n) is 15.0. The molecule has 0 bridgehead atoms. The van der Waals surface area contributed by atoms with Gasteiger partial charge in [0, 0.05) is 38.9 Å². The molecule has 58 heavy (non-hydrogen) atoms. The van der Waals surface area contributed by atoms with E-state index in [4.69, 9.17) is 0 Å². The normalized spacial score (nSPS) is 11.4. The van der Waals surface area contributed by atoms with Crippen LogP contribution in [0.25, 0.3) is 82.4 Å². The number of para-hydroxylation sites is 1. The summed E-state index contributed by atoms with van der Waals surface area (Å²) in [4.78, 5) is 2.41. The molecule has 0 unspecified atom stereocenters. The van der Waals surface area contributed by atoms with Crippen molar-refractivity contribution >= 4 is 60.4 Å². The smallest absolute Gasteiger partial charge is 0.0625 e.